The predicted molar refractivity (Wildman–Crippen MR) is 297 cm³/mol. The second-order valence-corrected chi connectivity index (χ2v) is 34.8. The Morgan fingerprint density at radius 1 is 0.761 bits per heavy atom. The molecule has 2 rings (SSSR count). The van der Waals surface area contributed by atoms with Crippen LogP contribution in [0.25, 0.3) is 0 Å². The van der Waals surface area contributed by atoms with Gasteiger partial charge in [-0.1, -0.05) is 134 Å². The minimum atomic E-state index is -2.15. The summed E-state index contributed by atoms with van der Waals surface area (Å²) in [6.45, 7) is 40.4. The molecule has 0 unspecified atom stereocenters. The predicted octanol–water partition coefficient (Wildman–Crippen LogP) is 13.0. The first-order valence-electron chi connectivity index (χ1n) is 27.7. The summed E-state index contributed by atoms with van der Waals surface area (Å²) in [5, 5.41) is 24.1. The van der Waals surface area contributed by atoms with Crippen molar-refractivity contribution >= 4 is 22.6 Å². The van der Waals surface area contributed by atoms with Gasteiger partial charge in [0.1, 0.15) is 6.10 Å². The van der Waals surface area contributed by atoms with E-state index in [1.807, 2.05) is 26.8 Å². The van der Waals surface area contributed by atoms with E-state index >= 15 is 0 Å². The Bertz CT molecular complexity index is 1590. The van der Waals surface area contributed by atoms with Crippen LogP contribution in [0, 0.1) is 35.5 Å². The zero-order chi connectivity index (χ0) is 54.2. The molecule has 0 radical (unpaired) electrons. The van der Waals surface area contributed by atoms with Gasteiger partial charge in [-0.05, 0) is 85.6 Å². The summed E-state index contributed by atoms with van der Waals surface area (Å²) in [6, 6.07) is 0. The molecule has 0 saturated heterocycles. The number of methoxy groups -OCH3 is 4. The van der Waals surface area contributed by atoms with Crippen LogP contribution >= 0.6 is 0 Å². The summed E-state index contributed by atoms with van der Waals surface area (Å²) >= 11 is 0. The molecular weight excluding hydrogens is 929 g/mol. The number of hydrogen-bond donors (Lipinski definition) is 2. The number of rotatable bonds is 20. The third-order valence-corrected chi connectivity index (χ3v) is 28.3. The lowest BCUT2D eigenvalue weighted by atomic mass is 9.78. The number of cyclic esters (lactones) is 1. The van der Waals surface area contributed by atoms with Gasteiger partial charge in [0.05, 0.1) is 54.9 Å². The molecule has 0 amide bonds. The summed E-state index contributed by atoms with van der Waals surface area (Å²) in [5.74, 6) is -1.46. The van der Waals surface area contributed by atoms with Crippen molar-refractivity contribution in [3.63, 3.8) is 0 Å². The van der Waals surface area contributed by atoms with Crippen LogP contribution in [0.3, 0.4) is 0 Å². The fourth-order valence-corrected chi connectivity index (χ4v) is 18.7. The first-order valence-corrected chi connectivity index (χ1v) is 32.7. The smallest absolute Gasteiger partial charge is 0.331 e. The van der Waals surface area contributed by atoms with Crippen molar-refractivity contribution in [3.05, 3.63) is 36.0 Å². The standard InChI is InChI=1S/C58H110O11Si2/c1-37(2)71(38(3)4,39(5)6)66-33-32-42(9)56(65-20)43(10)50(59)30-28-41(8)57-46(13)55(61)45(12)53(64-19)36-52(63-18)44(11)51(62-17)35-48-25-23-24-47(67-48)34-49(69-70(21,22)58(14,15)16)29-26-40(7)27-31-54(60)68-57/h23-24,26-27,31,37-39,41-53,55-57,59,61H,25,28-30,32-36H2,1-22H3/b31-27+,40-26+/t41-,42+,43-,44+,45-,46+,47-,48-,49-,50-,51-,52-,53+,55-,56+,57-/m0/s1. The first kappa shape index (κ1) is 65.9. The van der Waals surface area contributed by atoms with Crippen LogP contribution in [0.15, 0.2) is 36.0 Å². The third kappa shape index (κ3) is 19.1. The van der Waals surface area contributed by atoms with E-state index in [1.54, 1.807) is 28.4 Å². The fraction of sp³-hybridized carbons (Fsp3) is 0.879. The van der Waals surface area contributed by atoms with Gasteiger partial charge in [0.2, 0.25) is 0 Å². The van der Waals surface area contributed by atoms with Crippen LogP contribution in [0.2, 0.25) is 34.8 Å². The zero-order valence-electron chi connectivity index (χ0n) is 49.3. The lowest BCUT2D eigenvalue weighted by molar-refractivity contribution is -0.155. The van der Waals surface area contributed by atoms with Gasteiger partial charge in [0.25, 0.3) is 0 Å². The van der Waals surface area contributed by atoms with Crippen LogP contribution < -0.4 is 0 Å². The maximum Gasteiger partial charge on any atom is 0.331 e. The molecule has 2 aliphatic rings. The van der Waals surface area contributed by atoms with Gasteiger partial charge in [-0.25, -0.2) is 4.79 Å². The molecule has 0 aromatic heterocycles. The largest absolute Gasteiger partial charge is 0.459 e. The van der Waals surface area contributed by atoms with E-state index in [0.29, 0.717) is 61.8 Å². The van der Waals surface area contributed by atoms with Crippen molar-refractivity contribution in [2.45, 2.75) is 258 Å². The maximum absolute atomic E-state index is 13.9. The molecule has 16 atom stereocenters. The maximum atomic E-state index is 13.9. The molecule has 71 heavy (non-hydrogen) atoms. The van der Waals surface area contributed by atoms with Gasteiger partial charge in [-0.2, -0.15) is 0 Å². The number of carbonyl (C=O) groups is 1. The molecule has 13 heteroatoms. The lowest BCUT2D eigenvalue weighted by Gasteiger charge is -2.42. The molecule has 2 aliphatic heterocycles. The SMILES string of the molecule is CO[C@@H]([C@@H](C)[C@@H](O)CC[C@H](C)[C@@H]1OC(=O)/C=C/C(C)=C/C[C@H](O[Si](C)(C)C(C)(C)C)C[C@@H]2C=CC[C@@H](C[C@H](OC)[C@@H](C)[C@@H](OC)C[C@@H](OC)[C@H](C)[C@H](O)[C@H]1C)O2)[C@H](C)CCO[Si](C(C)C)(C(C)C)C(C)C. The van der Waals surface area contributed by atoms with Crippen LogP contribution in [0.4, 0.5) is 0 Å². The zero-order valence-corrected chi connectivity index (χ0v) is 51.3. The number of fused-ring (bicyclic) bond motifs is 2. The van der Waals surface area contributed by atoms with Crippen molar-refractivity contribution in [3.8, 4) is 0 Å². The monoisotopic (exact) mass is 1040 g/mol. The van der Waals surface area contributed by atoms with E-state index in [2.05, 4.69) is 121 Å². The van der Waals surface area contributed by atoms with Crippen LogP contribution in [-0.2, 0) is 42.1 Å². The summed E-state index contributed by atoms with van der Waals surface area (Å²) in [7, 11) is 2.75. The Morgan fingerprint density at radius 2 is 1.32 bits per heavy atom. The van der Waals surface area contributed by atoms with E-state index in [9.17, 15) is 15.0 Å². The molecule has 2 heterocycles. The van der Waals surface area contributed by atoms with Gasteiger partial charge < -0.3 is 47.5 Å². The first-order chi connectivity index (χ1) is 33.0. The number of carbonyl (C=O) groups excluding carboxylic acids is 1. The summed E-state index contributed by atoms with van der Waals surface area (Å²) < 4.78 is 51.8. The van der Waals surface area contributed by atoms with Crippen molar-refractivity contribution in [2.24, 2.45) is 35.5 Å². The van der Waals surface area contributed by atoms with Crippen molar-refractivity contribution < 1.29 is 52.3 Å². The molecule has 0 fully saturated rings. The van der Waals surface area contributed by atoms with Gasteiger partial charge in [0.15, 0.2) is 16.6 Å². The Labute approximate surface area is 437 Å². The Morgan fingerprint density at radius 3 is 1.86 bits per heavy atom. The number of allylic oxidation sites excluding steroid dienone is 2. The molecule has 0 aromatic rings. The normalized spacial score (nSPS) is 32.0. The van der Waals surface area contributed by atoms with E-state index in [1.165, 1.54) is 6.08 Å². The second-order valence-electron chi connectivity index (χ2n) is 24.6. The molecule has 416 valence electrons. The lowest BCUT2D eigenvalue weighted by Crippen LogP contribution is -2.48. The highest BCUT2D eigenvalue weighted by Gasteiger charge is 2.46. The molecule has 2 N–H and O–H groups in total. The Kier molecular flexibility index (Phi) is 28.3. The van der Waals surface area contributed by atoms with Gasteiger partial charge in [-0.15, -0.1) is 0 Å². The van der Waals surface area contributed by atoms with Crippen molar-refractivity contribution in [1.29, 1.82) is 0 Å². The summed E-state index contributed by atoms with van der Waals surface area (Å²) in [6.07, 6.45) is 11.8. The van der Waals surface area contributed by atoms with Gasteiger partial charge in [0, 0.05) is 84.1 Å². The molecule has 2 bridgehead atoms. The van der Waals surface area contributed by atoms with Crippen molar-refractivity contribution in [1.82, 2.24) is 0 Å². The fourth-order valence-electron chi connectivity index (χ4n) is 11.9. The minimum absolute atomic E-state index is 0.0119. The molecule has 0 aromatic carbocycles. The van der Waals surface area contributed by atoms with Gasteiger partial charge in [-0.3, -0.25) is 0 Å². The average molecular weight is 1040 g/mol. The number of aliphatic hydroxyl groups excluding tert-OH is 2. The van der Waals surface area contributed by atoms with Crippen LogP contribution in [0.1, 0.15) is 162 Å². The molecule has 0 saturated carbocycles. The molecule has 11 nitrogen and oxygen atoms in total. The number of aliphatic hydroxyl groups is 2. The quantitative estimate of drug-likeness (QED) is 0.0686. The summed E-state index contributed by atoms with van der Waals surface area (Å²) in [5.41, 5.74) is 2.46. The number of hydrogen-bond acceptors (Lipinski definition) is 11. The van der Waals surface area contributed by atoms with Crippen molar-refractivity contribution in [2.75, 3.05) is 35.0 Å². The number of esters is 1. The third-order valence-electron chi connectivity index (χ3n) is 17.6. The van der Waals surface area contributed by atoms with E-state index in [4.69, 9.17) is 37.3 Å². The minimum Gasteiger partial charge on any atom is -0.459 e. The van der Waals surface area contributed by atoms with E-state index in [-0.39, 0.29) is 77.4 Å². The number of ether oxygens (including phenoxy) is 6. The van der Waals surface area contributed by atoms with Crippen LogP contribution in [-0.4, -0.2) is 129 Å². The molecule has 0 aliphatic carbocycles. The Balaban J connectivity index is 2.49. The van der Waals surface area contributed by atoms with E-state index in [0.717, 1.165) is 18.4 Å². The molecular formula is C58H110O11Si2. The highest BCUT2D eigenvalue weighted by atomic mass is 28.4. The Hall–Kier alpha value is -1.24. The second kappa shape index (κ2) is 30.5. The highest BCUT2D eigenvalue weighted by molar-refractivity contribution is 6.77. The van der Waals surface area contributed by atoms with Crippen LogP contribution in [0.5, 0.6) is 0 Å². The highest BCUT2D eigenvalue weighted by Crippen LogP contribution is 2.43. The van der Waals surface area contributed by atoms with Gasteiger partial charge >= 0.3 is 5.97 Å². The summed E-state index contributed by atoms with van der Waals surface area (Å²) in [4.78, 5) is 13.9. The van der Waals surface area contributed by atoms with E-state index < -0.39 is 46.8 Å². The average Bonchev–Trinajstić information content (AvgIpc) is 3.30. The molecule has 0 spiro atoms. The topological polar surface area (TPSA) is 131 Å².